The predicted molar refractivity (Wildman–Crippen MR) is 84.8 cm³/mol. The Morgan fingerprint density at radius 1 is 1.35 bits per heavy atom. The summed E-state index contributed by atoms with van der Waals surface area (Å²) in [5.74, 6) is -0.456. The fourth-order valence-electron chi connectivity index (χ4n) is 2.17. The van der Waals surface area contributed by atoms with Crippen LogP contribution >= 0.6 is 11.6 Å². The molecular weight excluding hydrogens is 319 g/mol. The van der Waals surface area contributed by atoms with E-state index >= 15 is 0 Å². The Balaban J connectivity index is 1.66. The number of aryl methyl sites for hydroxylation is 1. The maximum Gasteiger partial charge on any atom is 0.141 e. The van der Waals surface area contributed by atoms with Crippen LogP contribution in [0.15, 0.2) is 36.8 Å². The topological polar surface area (TPSA) is 60.6 Å². The van der Waals surface area contributed by atoms with Crippen LogP contribution in [-0.4, -0.2) is 24.8 Å². The zero-order valence-corrected chi connectivity index (χ0v) is 13.5. The van der Waals surface area contributed by atoms with Gasteiger partial charge in [0, 0.05) is 31.4 Å². The van der Waals surface area contributed by atoms with E-state index in [1.54, 1.807) is 21.6 Å². The Bertz CT molecular complexity index is 812. The van der Waals surface area contributed by atoms with Crippen LogP contribution in [0.25, 0.3) is 5.69 Å². The second-order valence-electron chi connectivity index (χ2n) is 5.30. The molecule has 120 valence electrons. The van der Waals surface area contributed by atoms with Gasteiger partial charge in [-0.2, -0.15) is 5.10 Å². The molecule has 0 radical (unpaired) electrons. The first-order valence-electron chi connectivity index (χ1n) is 7.11. The third-order valence-electron chi connectivity index (χ3n) is 3.52. The highest BCUT2D eigenvalue weighted by Crippen LogP contribution is 2.18. The average Bonchev–Trinajstić information content (AvgIpc) is 3.17. The monoisotopic (exact) mass is 334 g/mol. The van der Waals surface area contributed by atoms with Gasteiger partial charge in [-0.1, -0.05) is 16.8 Å². The zero-order chi connectivity index (χ0) is 16.4. The smallest absolute Gasteiger partial charge is 0.141 e. The molecule has 0 spiro atoms. The lowest BCUT2D eigenvalue weighted by atomic mass is 10.2. The van der Waals surface area contributed by atoms with Gasteiger partial charge in [0.25, 0.3) is 0 Å². The van der Waals surface area contributed by atoms with E-state index in [1.807, 2.05) is 19.4 Å². The fourth-order valence-corrected chi connectivity index (χ4v) is 2.35. The molecule has 0 amide bonds. The standard InChI is InChI=1S/C15H16ClFN6/c1-10(11-6-19-22(2)8-11)18-7-12-9-23(21-20-12)13-3-4-15(17)14(16)5-13/h3-6,8-10,18H,7H2,1-2H3/t10-/m1/s1. The predicted octanol–water partition coefficient (Wildman–Crippen LogP) is 2.64. The molecule has 0 fully saturated rings. The highest BCUT2D eigenvalue weighted by atomic mass is 35.5. The molecular formula is C15H16ClFN6. The maximum absolute atomic E-state index is 13.2. The number of nitrogens with zero attached hydrogens (tertiary/aromatic N) is 5. The van der Waals surface area contributed by atoms with Crippen molar-refractivity contribution in [3.8, 4) is 5.69 Å². The van der Waals surface area contributed by atoms with Crippen LogP contribution in [0.2, 0.25) is 5.02 Å². The molecule has 3 aromatic rings. The highest BCUT2D eigenvalue weighted by molar-refractivity contribution is 6.30. The van der Waals surface area contributed by atoms with Crippen LogP contribution in [-0.2, 0) is 13.6 Å². The minimum Gasteiger partial charge on any atom is -0.304 e. The summed E-state index contributed by atoms with van der Waals surface area (Å²) in [5, 5.41) is 15.7. The van der Waals surface area contributed by atoms with Gasteiger partial charge in [-0.3, -0.25) is 4.68 Å². The molecule has 23 heavy (non-hydrogen) atoms. The van der Waals surface area contributed by atoms with E-state index < -0.39 is 5.82 Å². The van der Waals surface area contributed by atoms with Gasteiger partial charge in [-0.25, -0.2) is 9.07 Å². The van der Waals surface area contributed by atoms with Gasteiger partial charge in [0.05, 0.1) is 28.8 Å². The second-order valence-corrected chi connectivity index (χ2v) is 5.71. The third kappa shape index (κ3) is 3.57. The first-order valence-corrected chi connectivity index (χ1v) is 7.49. The van der Waals surface area contributed by atoms with Gasteiger partial charge in [0.1, 0.15) is 5.82 Å². The van der Waals surface area contributed by atoms with Gasteiger partial charge in [-0.15, -0.1) is 5.10 Å². The summed E-state index contributed by atoms with van der Waals surface area (Å²) in [6.45, 7) is 2.62. The van der Waals surface area contributed by atoms with E-state index in [1.165, 1.54) is 12.1 Å². The first kappa shape index (κ1) is 15.6. The molecule has 2 heterocycles. The minimum absolute atomic E-state index is 0.0582. The molecule has 0 saturated heterocycles. The quantitative estimate of drug-likeness (QED) is 0.779. The lowest BCUT2D eigenvalue weighted by Crippen LogP contribution is -2.17. The average molecular weight is 335 g/mol. The van der Waals surface area contributed by atoms with Crippen LogP contribution < -0.4 is 5.32 Å². The Morgan fingerprint density at radius 3 is 2.87 bits per heavy atom. The van der Waals surface area contributed by atoms with E-state index in [0.717, 1.165) is 11.3 Å². The van der Waals surface area contributed by atoms with Crippen molar-refractivity contribution in [1.29, 1.82) is 0 Å². The van der Waals surface area contributed by atoms with Crippen molar-refractivity contribution in [3.63, 3.8) is 0 Å². The molecule has 1 N–H and O–H groups in total. The van der Waals surface area contributed by atoms with Crippen LogP contribution in [0.3, 0.4) is 0 Å². The number of hydrogen-bond acceptors (Lipinski definition) is 4. The van der Waals surface area contributed by atoms with Gasteiger partial charge in [0.2, 0.25) is 0 Å². The van der Waals surface area contributed by atoms with E-state index in [0.29, 0.717) is 12.2 Å². The third-order valence-corrected chi connectivity index (χ3v) is 3.81. The molecule has 3 rings (SSSR count). The molecule has 0 bridgehead atoms. The largest absolute Gasteiger partial charge is 0.304 e. The van der Waals surface area contributed by atoms with E-state index in [9.17, 15) is 4.39 Å². The molecule has 0 saturated carbocycles. The molecule has 0 aliphatic heterocycles. The first-order chi connectivity index (χ1) is 11.0. The van der Waals surface area contributed by atoms with Crippen LogP contribution in [0.5, 0.6) is 0 Å². The molecule has 0 aliphatic rings. The summed E-state index contributed by atoms with van der Waals surface area (Å²) in [5.41, 5.74) is 2.54. The van der Waals surface area contributed by atoms with Crippen molar-refractivity contribution >= 4 is 11.6 Å². The molecule has 0 unspecified atom stereocenters. The maximum atomic E-state index is 13.2. The van der Waals surface area contributed by atoms with Crippen LogP contribution in [0.1, 0.15) is 24.2 Å². The molecule has 1 atom stereocenters. The fraction of sp³-hybridized carbons (Fsp3) is 0.267. The summed E-state index contributed by atoms with van der Waals surface area (Å²) in [6.07, 6.45) is 5.58. The summed E-state index contributed by atoms with van der Waals surface area (Å²) in [7, 11) is 1.88. The van der Waals surface area contributed by atoms with Gasteiger partial charge >= 0.3 is 0 Å². The zero-order valence-electron chi connectivity index (χ0n) is 12.7. The summed E-state index contributed by atoms with van der Waals surface area (Å²) >= 11 is 5.79. The lowest BCUT2D eigenvalue weighted by Gasteiger charge is -2.09. The Labute approximate surface area is 137 Å². The SMILES string of the molecule is C[C@@H](NCc1cn(-c2ccc(F)c(Cl)c2)nn1)c1cnn(C)c1. The number of hydrogen-bond donors (Lipinski definition) is 1. The Hall–Kier alpha value is -2.25. The van der Waals surface area contributed by atoms with Crippen molar-refractivity contribution in [3.05, 3.63) is 58.9 Å². The normalized spacial score (nSPS) is 12.5. The van der Waals surface area contributed by atoms with Gasteiger partial charge < -0.3 is 5.32 Å². The van der Waals surface area contributed by atoms with Crippen molar-refractivity contribution in [1.82, 2.24) is 30.1 Å². The van der Waals surface area contributed by atoms with Crippen molar-refractivity contribution < 1.29 is 4.39 Å². The molecule has 1 aromatic carbocycles. The van der Waals surface area contributed by atoms with E-state index in [2.05, 4.69) is 27.7 Å². The number of benzene rings is 1. The van der Waals surface area contributed by atoms with Crippen LogP contribution in [0, 0.1) is 5.82 Å². The van der Waals surface area contributed by atoms with E-state index in [-0.39, 0.29) is 11.1 Å². The number of aromatic nitrogens is 5. The Kier molecular flexibility index (Phi) is 4.40. The van der Waals surface area contributed by atoms with Crippen molar-refractivity contribution in [2.24, 2.45) is 7.05 Å². The number of rotatable bonds is 5. The Morgan fingerprint density at radius 2 is 2.17 bits per heavy atom. The van der Waals surface area contributed by atoms with Crippen molar-refractivity contribution in [2.45, 2.75) is 19.5 Å². The van der Waals surface area contributed by atoms with Gasteiger partial charge in [-0.05, 0) is 25.1 Å². The molecule has 2 aromatic heterocycles. The van der Waals surface area contributed by atoms with E-state index in [4.69, 9.17) is 11.6 Å². The molecule has 0 aliphatic carbocycles. The van der Waals surface area contributed by atoms with Crippen molar-refractivity contribution in [2.75, 3.05) is 0 Å². The van der Waals surface area contributed by atoms with Crippen LogP contribution in [0.4, 0.5) is 4.39 Å². The summed E-state index contributed by atoms with van der Waals surface area (Å²) in [4.78, 5) is 0. The highest BCUT2D eigenvalue weighted by Gasteiger charge is 2.09. The summed E-state index contributed by atoms with van der Waals surface area (Å²) in [6, 6.07) is 4.57. The number of nitrogens with one attached hydrogen (secondary N) is 1. The second kappa shape index (κ2) is 6.47. The lowest BCUT2D eigenvalue weighted by molar-refractivity contribution is 0.566. The minimum atomic E-state index is -0.456. The van der Waals surface area contributed by atoms with Gasteiger partial charge in [0.15, 0.2) is 0 Å². The summed E-state index contributed by atoms with van der Waals surface area (Å²) < 4.78 is 16.5. The number of halogens is 2. The molecule has 6 nitrogen and oxygen atoms in total. The molecule has 8 heteroatoms.